The van der Waals surface area contributed by atoms with Crippen LogP contribution in [0.4, 0.5) is 0 Å². The molecule has 0 unspecified atom stereocenters. The molecule has 0 atom stereocenters. The molecule has 2 aromatic heterocycles. The summed E-state index contributed by atoms with van der Waals surface area (Å²) in [6.07, 6.45) is -1.13. The summed E-state index contributed by atoms with van der Waals surface area (Å²) in [5, 5.41) is 18.7. The Kier molecular flexibility index (Phi) is 5.15. The quantitative estimate of drug-likeness (QED) is 0.306. The number of aliphatic carboxylic acids is 2. The Morgan fingerprint density at radius 1 is 0.692 bits per heavy atom. The van der Waals surface area contributed by atoms with Gasteiger partial charge in [0.25, 0.3) is 11.1 Å². The second kappa shape index (κ2) is 7.29. The highest BCUT2D eigenvalue weighted by Gasteiger charge is 2.22. The zero-order valence-corrected chi connectivity index (χ0v) is 12.9. The molecule has 2 heterocycles. The molecule has 0 aliphatic rings. The van der Waals surface area contributed by atoms with Gasteiger partial charge in [-0.2, -0.15) is 0 Å². The van der Waals surface area contributed by atoms with E-state index in [9.17, 15) is 39.0 Å². The van der Waals surface area contributed by atoms with Crippen molar-refractivity contribution in [1.29, 1.82) is 0 Å². The van der Waals surface area contributed by atoms with Crippen LogP contribution in [0.5, 0.6) is 0 Å². The number of carboxylic acid groups (broad SMARTS) is 2. The fourth-order valence-corrected chi connectivity index (χ4v) is 2.23. The molecule has 0 radical (unpaired) electrons. The zero-order chi connectivity index (χ0) is 19.4. The van der Waals surface area contributed by atoms with Gasteiger partial charge in [-0.25, -0.2) is 19.2 Å². The van der Waals surface area contributed by atoms with E-state index >= 15 is 0 Å². The Hall–Kier alpha value is -3.96. The van der Waals surface area contributed by atoms with Gasteiger partial charge in [0.05, 0.1) is 11.1 Å². The highest BCUT2D eigenvalue weighted by molar-refractivity contribution is 5.99. The van der Waals surface area contributed by atoms with Gasteiger partial charge in [-0.15, -0.1) is 0 Å². The Balaban J connectivity index is 2.56. The van der Waals surface area contributed by atoms with E-state index in [0.29, 0.717) is 0 Å². The number of aromatic amines is 4. The molecule has 136 valence electrons. The van der Waals surface area contributed by atoms with E-state index < -0.39 is 58.4 Å². The summed E-state index contributed by atoms with van der Waals surface area (Å²) in [4.78, 5) is 76.3. The van der Waals surface area contributed by atoms with Crippen LogP contribution < -0.4 is 22.5 Å². The molecule has 0 aliphatic heterocycles. The van der Waals surface area contributed by atoms with Crippen molar-refractivity contribution in [1.82, 2.24) is 19.9 Å². The van der Waals surface area contributed by atoms with E-state index in [-0.39, 0.29) is 11.4 Å². The predicted molar refractivity (Wildman–Crippen MR) is 85.1 cm³/mol. The summed E-state index contributed by atoms with van der Waals surface area (Å²) in [7, 11) is 0. The molecule has 6 N–H and O–H groups in total. The number of rotatable bonds is 6. The number of carbonyl (C=O) groups is 2. The van der Waals surface area contributed by atoms with E-state index in [1.165, 1.54) is 0 Å². The molecule has 2 aromatic rings. The van der Waals surface area contributed by atoms with E-state index in [4.69, 9.17) is 0 Å². The zero-order valence-electron chi connectivity index (χ0n) is 12.9. The van der Waals surface area contributed by atoms with Crippen molar-refractivity contribution in [2.45, 2.75) is 12.8 Å². The molecule has 0 bridgehead atoms. The summed E-state index contributed by atoms with van der Waals surface area (Å²) in [6.45, 7) is 0. The lowest BCUT2D eigenvalue weighted by atomic mass is 9.99. The number of nitrogens with one attached hydrogen (secondary N) is 4. The van der Waals surface area contributed by atoms with Crippen molar-refractivity contribution in [3.63, 3.8) is 0 Å². The summed E-state index contributed by atoms with van der Waals surface area (Å²) >= 11 is 0. The number of carboxylic acids is 2. The summed E-state index contributed by atoms with van der Waals surface area (Å²) in [5.41, 5.74) is -4.82. The lowest BCUT2D eigenvalue weighted by Gasteiger charge is -2.09. The maximum atomic E-state index is 11.5. The minimum absolute atomic E-state index is 0.116. The normalized spacial score (nSPS) is 11.7. The Bertz CT molecular complexity index is 985. The summed E-state index contributed by atoms with van der Waals surface area (Å²) in [6, 6.07) is 1.83. The van der Waals surface area contributed by atoms with Crippen molar-refractivity contribution in [2.24, 2.45) is 0 Å². The van der Waals surface area contributed by atoms with Crippen LogP contribution in [0.15, 0.2) is 42.5 Å². The van der Waals surface area contributed by atoms with Crippen LogP contribution in [-0.2, 0) is 22.4 Å². The second-order valence-electron chi connectivity index (χ2n) is 5.15. The van der Waals surface area contributed by atoms with Gasteiger partial charge in [-0.1, -0.05) is 0 Å². The molecule has 2 rings (SSSR count). The first kappa shape index (κ1) is 18.4. The fraction of sp³-hybridized carbons (Fsp3) is 0.143. The monoisotopic (exact) mass is 364 g/mol. The average molecular weight is 364 g/mol. The van der Waals surface area contributed by atoms with Gasteiger partial charge in [0, 0.05) is 36.4 Å². The Labute approximate surface area is 141 Å². The van der Waals surface area contributed by atoms with Crippen molar-refractivity contribution >= 4 is 11.9 Å². The smallest absolute Gasteiger partial charge is 0.332 e. The van der Waals surface area contributed by atoms with Crippen LogP contribution >= 0.6 is 0 Å². The largest absolute Gasteiger partial charge is 0.478 e. The number of H-pyrrole nitrogens is 4. The third kappa shape index (κ3) is 4.53. The van der Waals surface area contributed by atoms with Gasteiger partial charge in [0.15, 0.2) is 0 Å². The second-order valence-corrected chi connectivity index (χ2v) is 5.15. The van der Waals surface area contributed by atoms with Gasteiger partial charge in [0.2, 0.25) is 0 Å². The average Bonchev–Trinajstić information content (AvgIpc) is 2.48. The van der Waals surface area contributed by atoms with Crippen LogP contribution in [0.1, 0.15) is 11.4 Å². The van der Waals surface area contributed by atoms with Crippen LogP contribution in [0.2, 0.25) is 0 Å². The standard InChI is InChI=1S/C14H12N4O8/c19-9-3-5(15-13(25)17-9)1-7(11(21)22)8(12(23)24)2-6-4-10(20)18-14(26)16-6/h3-4H,1-2H2,(H,21,22)(H,23,24)(H2,15,17,19,25)(H2,16,18,20,26)/b8-7+. The summed E-state index contributed by atoms with van der Waals surface area (Å²) < 4.78 is 0. The van der Waals surface area contributed by atoms with Crippen LogP contribution in [0.25, 0.3) is 0 Å². The Morgan fingerprint density at radius 2 is 1.04 bits per heavy atom. The molecule has 0 saturated heterocycles. The SMILES string of the molecule is O=C(O)/C(Cc1cc(=O)[nH]c(=O)[nH]1)=C(\Cc1cc(=O)[nH]c(=O)[nH]1)C(=O)O. The lowest BCUT2D eigenvalue weighted by Crippen LogP contribution is -2.25. The maximum Gasteiger partial charge on any atom is 0.332 e. The lowest BCUT2D eigenvalue weighted by molar-refractivity contribution is -0.136. The molecule has 0 aromatic carbocycles. The summed E-state index contributed by atoms with van der Waals surface area (Å²) in [5.74, 6) is -3.20. The molecule has 12 nitrogen and oxygen atoms in total. The van der Waals surface area contributed by atoms with Crippen LogP contribution in [-0.4, -0.2) is 42.1 Å². The van der Waals surface area contributed by atoms with E-state index in [0.717, 1.165) is 12.1 Å². The molecule has 0 aliphatic carbocycles. The molecule has 12 heteroatoms. The first-order chi connectivity index (χ1) is 12.2. The third-order valence-electron chi connectivity index (χ3n) is 3.25. The van der Waals surface area contributed by atoms with Crippen LogP contribution in [0.3, 0.4) is 0 Å². The van der Waals surface area contributed by atoms with Gasteiger partial charge < -0.3 is 20.2 Å². The maximum absolute atomic E-state index is 11.5. The van der Waals surface area contributed by atoms with Gasteiger partial charge in [-0.3, -0.25) is 19.6 Å². The minimum atomic E-state index is -1.60. The van der Waals surface area contributed by atoms with Gasteiger partial charge in [0.1, 0.15) is 0 Å². The predicted octanol–water partition coefficient (Wildman–Crippen LogP) is -2.31. The first-order valence-electron chi connectivity index (χ1n) is 6.99. The third-order valence-corrected chi connectivity index (χ3v) is 3.25. The van der Waals surface area contributed by atoms with Crippen molar-refractivity contribution < 1.29 is 19.8 Å². The van der Waals surface area contributed by atoms with E-state index in [1.807, 2.05) is 9.97 Å². The fourth-order valence-electron chi connectivity index (χ4n) is 2.23. The Morgan fingerprint density at radius 3 is 1.31 bits per heavy atom. The molecule has 0 spiro atoms. The topological polar surface area (TPSA) is 206 Å². The molecule has 0 amide bonds. The van der Waals surface area contributed by atoms with Crippen LogP contribution in [0, 0.1) is 0 Å². The highest BCUT2D eigenvalue weighted by atomic mass is 16.4. The minimum Gasteiger partial charge on any atom is -0.478 e. The van der Waals surface area contributed by atoms with Crippen molar-refractivity contribution in [3.05, 3.63) is 76.3 Å². The molecular weight excluding hydrogens is 352 g/mol. The number of aromatic nitrogens is 4. The molecular formula is C14H12N4O8. The highest BCUT2D eigenvalue weighted by Crippen LogP contribution is 2.14. The van der Waals surface area contributed by atoms with Crippen molar-refractivity contribution in [2.75, 3.05) is 0 Å². The number of hydrogen-bond acceptors (Lipinski definition) is 6. The van der Waals surface area contributed by atoms with Gasteiger partial charge >= 0.3 is 23.3 Å². The molecule has 0 saturated carbocycles. The van der Waals surface area contributed by atoms with Crippen molar-refractivity contribution in [3.8, 4) is 0 Å². The van der Waals surface area contributed by atoms with E-state index in [1.54, 1.807) is 0 Å². The first-order valence-corrected chi connectivity index (χ1v) is 6.99. The number of hydrogen-bond donors (Lipinski definition) is 6. The molecule has 26 heavy (non-hydrogen) atoms. The van der Waals surface area contributed by atoms with E-state index in [2.05, 4.69) is 9.97 Å². The molecule has 0 fully saturated rings. The van der Waals surface area contributed by atoms with Gasteiger partial charge in [-0.05, 0) is 0 Å².